The van der Waals surface area contributed by atoms with Gasteiger partial charge in [-0.25, -0.2) is 0 Å². The standard InChI is InChI=1S/C11H11ClO2/c1-8-6-9(7-13)2-3-10(8)11(14)4-5-12/h2-3,6-7H,4-5H2,1H3. The van der Waals surface area contributed by atoms with Crippen LogP contribution in [-0.2, 0) is 0 Å². The molecule has 1 aromatic carbocycles. The van der Waals surface area contributed by atoms with Crippen LogP contribution >= 0.6 is 11.6 Å². The van der Waals surface area contributed by atoms with E-state index in [2.05, 4.69) is 0 Å². The van der Waals surface area contributed by atoms with E-state index in [0.29, 0.717) is 23.4 Å². The van der Waals surface area contributed by atoms with E-state index in [4.69, 9.17) is 11.6 Å². The van der Waals surface area contributed by atoms with Gasteiger partial charge in [-0.15, -0.1) is 11.6 Å². The van der Waals surface area contributed by atoms with E-state index in [1.54, 1.807) is 18.2 Å². The summed E-state index contributed by atoms with van der Waals surface area (Å²) in [6.07, 6.45) is 1.10. The molecular weight excluding hydrogens is 200 g/mol. The summed E-state index contributed by atoms with van der Waals surface area (Å²) in [6, 6.07) is 5.02. The average Bonchev–Trinajstić information content (AvgIpc) is 2.17. The van der Waals surface area contributed by atoms with Crippen molar-refractivity contribution in [3.05, 3.63) is 34.9 Å². The zero-order valence-electron chi connectivity index (χ0n) is 7.92. The number of alkyl halides is 1. The lowest BCUT2D eigenvalue weighted by atomic mass is 10.0. The molecule has 14 heavy (non-hydrogen) atoms. The number of ketones is 1. The highest BCUT2D eigenvalue weighted by atomic mass is 35.5. The molecule has 0 spiro atoms. The zero-order chi connectivity index (χ0) is 10.6. The van der Waals surface area contributed by atoms with Crippen LogP contribution < -0.4 is 0 Å². The van der Waals surface area contributed by atoms with Crippen LogP contribution in [0.1, 0.15) is 32.7 Å². The quantitative estimate of drug-likeness (QED) is 0.435. The van der Waals surface area contributed by atoms with Crippen LogP contribution in [0.2, 0.25) is 0 Å². The molecule has 0 aliphatic heterocycles. The van der Waals surface area contributed by atoms with Gasteiger partial charge in [0.2, 0.25) is 0 Å². The summed E-state index contributed by atoms with van der Waals surface area (Å²) in [4.78, 5) is 22.0. The Labute approximate surface area is 87.9 Å². The lowest BCUT2D eigenvalue weighted by Crippen LogP contribution is -2.02. The van der Waals surface area contributed by atoms with Crippen molar-refractivity contribution in [2.24, 2.45) is 0 Å². The second-order valence-electron chi connectivity index (χ2n) is 3.05. The molecule has 0 N–H and O–H groups in total. The molecule has 1 aromatic rings. The fourth-order valence-electron chi connectivity index (χ4n) is 1.29. The molecule has 0 aromatic heterocycles. The van der Waals surface area contributed by atoms with Crippen LogP contribution in [0, 0.1) is 6.92 Å². The molecule has 2 nitrogen and oxygen atoms in total. The first-order valence-electron chi connectivity index (χ1n) is 4.34. The minimum Gasteiger partial charge on any atom is -0.298 e. The summed E-state index contributed by atoms with van der Waals surface area (Å²) in [5.41, 5.74) is 2.06. The Balaban J connectivity index is 2.99. The lowest BCUT2D eigenvalue weighted by molar-refractivity contribution is 0.0987. The maximum Gasteiger partial charge on any atom is 0.164 e. The number of hydrogen-bond acceptors (Lipinski definition) is 2. The molecular formula is C11H11ClO2. The number of aryl methyl sites for hydroxylation is 1. The van der Waals surface area contributed by atoms with E-state index in [9.17, 15) is 9.59 Å². The van der Waals surface area contributed by atoms with Crippen LogP contribution in [-0.4, -0.2) is 17.9 Å². The van der Waals surface area contributed by atoms with E-state index in [-0.39, 0.29) is 5.78 Å². The van der Waals surface area contributed by atoms with Gasteiger partial charge in [0.25, 0.3) is 0 Å². The number of rotatable bonds is 4. The highest BCUT2D eigenvalue weighted by Crippen LogP contribution is 2.12. The molecule has 0 saturated carbocycles. The maximum atomic E-state index is 11.5. The van der Waals surface area contributed by atoms with Crippen LogP contribution in [0.25, 0.3) is 0 Å². The Kier molecular flexibility index (Phi) is 3.84. The van der Waals surface area contributed by atoms with Gasteiger partial charge in [0.1, 0.15) is 6.29 Å². The lowest BCUT2D eigenvalue weighted by Gasteiger charge is -2.03. The van der Waals surface area contributed by atoms with Gasteiger partial charge < -0.3 is 0 Å². The van der Waals surface area contributed by atoms with Gasteiger partial charge in [-0.3, -0.25) is 9.59 Å². The normalized spacial score (nSPS) is 9.86. The summed E-state index contributed by atoms with van der Waals surface area (Å²) in [5, 5.41) is 0. The minimum atomic E-state index is 0.0231. The Morgan fingerprint density at radius 2 is 2.21 bits per heavy atom. The number of aldehydes is 1. The molecule has 0 aliphatic carbocycles. The van der Waals surface area contributed by atoms with Gasteiger partial charge in [0.05, 0.1) is 0 Å². The molecule has 0 amide bonds. The third-order valence-corrected chi connectivity index (χ3v) is 2.20. The number of benzene rings is 1. The molecule has 0 atom stereocenters. The summed E-state index contributed by atoms with van der Waals surface area (Å²) in [7, 11) is 0. The first kappa shape index (κ1) is 10.9. The van der Waals surface area contributed by atoms with E-state index in [1.165, 1.54) is 0 Å². The fraction of sp³-hybridized carbons (Fsp3) is 0.273. The summed E-state index contributed by atoms with van der Waals surface area (Å²) in [6.45, 7) is 1.81. The molecule has 0 fully saturated rings. The third kappa shape index (κ3) is 2.42. The van der Waals surface area contributed by atoms with Gasteiger partial charge in [-0.1, -0.05) is 12.1 Å². The van der Waals surface area contributed by atoms with Crippen molar-refractivity contribution in [3.63, 3.8) is 0 Å². The van der Waals surface area contributed by atoms with E-state index < -0.39 is 0 Å². The van der Waals surface area contributed by atoms with Crippen molar-refractivity contribution in [1.82, 2.24) is 0 Å². The van der Waals surface area contributed by atoms with E-state index >= 15 is 0 Å². The largest absolute Gasteiger partial charge is 0.298 e. The summed E-state index contributed by atoms with van der Waals surface area (Å²) in [5.74, 6) is 0.350. The minimum absolute atomic E-state index is 0.0231. The molecule has 0 heterocycles. The Morgan fingerprint density at radius 3 is 2.71 bits per heavy atom. The number of carbonyl (C=O) groups is 2. The highest BCUT2D eigenvalue weighted by Gasteiger charge is 2.08. The van der Waals surface area contributed by atoms with E-state index in [1.807, 2.05) is 6.92 Å². The molecule has 0 bridgehead atoms. The third-order valence-electron chi connectivity index (χ3n) is 2.01. The summed E-state index contributed by atoms with van der Waals surface area (Å²) < 4.78 is 0. The molecule has 0 unspecified atom stereocenters. The highest BCUT2D eigenvalue weighted by molar-refractivity contribution is 6.19. The SMILES string of the molecule is Cc1cc(C=O)ccc1C(=O)CCCl. The number of hydrogen-bond donors (Lipinski definition) is 0. The Hall–Kier alpha value is -1.15. The maximum absolute atomic E-state index is 11.5. The number of carbonyl (C=O) groups excluding carboxylic acids is 2. The molecule has 74 valence electrons. The monoisotopic (exact) mass is 210 g/mol. The Bertz CT molecular complexity index is 358. The van der Waals surface area contributed by atoms with Crippen LogP contribution in [0.4, 0.5) is 0 Å². The van der Waals surface area contributed by atoms with Gasteiger partial charge in [0.15, 0.2) is 5.78 Å². The van der Waals surface area contributed by atoms with Crippen molar-refractivity contribution in [2.45, 2.75) is 13.3 Å². The van der Waals surface area contributed by atoms with Crippen molar-refractivity contribution < 1.29 is 9.59 Å². The van der Waals surface area contributed by atoms with Crippen molar-refractivity contribution in [3.8, 4) is 0 Å². The van der Waals surface area contributed by atoms with Gasteiger partial charge >= 0.3 is 0 Å². The summed E-state index contributed by atoms with van der Waals surface area (Å²) >= 11 is 5.48. The Morgan fingerprint density at radius 1 is 1.50 bits per heavy atom. The van der Waals surface area contributed by atoms with Gasteiger partial charge in [-0.05, 0) is 18.6 Å². The predicted molar refractivity (Wildman–Crippen MR) is 56.2 cm³/mol. The first-order chi connectivity index (χ1) is 6.69. The van der Waals surface area contributed by atoms with Crippen LogP contribution in [0.15, 0.2) is 18.2 Å². The predicted octanol–water partition coefficient (Wildman–Crippen LogP) is 2.62. The van der Waals surface area contributed by atoms with Crippen molar-refractivity contribution in [1.29, 1.82) is 0 Å². The molecule has 3 heteroatoms. The van der Waals surface area contributed by atoms with Crippen molar-refractivity contribution >= 4 is 23.7 Å². The molecule has 0 aliphatic rings. The smallest absolute Gasteiger partial charge is 0.164 e. The second-order valence-corrected chi connectivity index (χ2v) is 3.43. The average molecular weight is 211 g/mol. The van der Waals surface area contributed by atoms with Crippen LogP contribution in [0.3, 0.4) is 0 Å². The van der Waals surface area contributed by atoms with Gasteiger partial charge in [0, 0.05) is 23.4 Å². The molecule has 1 rings (SSSR count). The topological polar surface area (TPSA) is 34.1 Å². The zero-order valence-corrected chi connectivity index (χ0v) is 8.67. The molecule has 0 saturated heterocycles. The number of halogens is 1. The van der Waals surface area contributed by atoms with Crippen molar-refractivity contribution in [2.75, 3.05) is 5.88 Å². The van der Waals surface area contributed by atoms with E-state index in [0.717, 1.165) is 11.8 Å². The first-order valence-corrected chi connectivity index (χ1v) is 4.87. The second kappa shape index (κ2) is 4.91. The fourth-order valence-corrected chi connectivity index (χ4v) is 1.47. The number of Topliss-reactive ketones (excluding diaryl/α,β-unsaturated/α-hetero) is 1. The van der Waals surface area contributed by atoms with Crippen LogP contribution in [0.5, 0.6) is 0 Å². The van der Waals surface area contributed by atoms with Gasteiger partial charge in [-0.2, -0.15) is 0 Å². The molecule has 0 radical (unpaired) electrons.